The average molecular weight is 370 g/mol. The summed E-state index contributed by atoms with van der Waals surface area (Å²) >= 11 is 0. The number of rotatable bonds is 6. The van der Waals surface area contributed by atoms with Gasteiger partial charge in [0.05, 0.1) is 28.1 Å². The Balaban J connectivity index is 2.48. The Morgan fingerprint density at radius 2 is 2.07 bits per heavy atom. The lowest BCUT2D eigenvalue weighted by atomic mass is 9.81. The zero-order valence-electron chi connectivity index (χ0n) is 15.8. The van der Waals surface area contributed by atoms with Crippen LogP contribution in [0.3, 0.4) is 0 Å². The van der Waals surface area contributed by atoms with Crippen molar-refractivity contribution < 1.29 is 14.5 Å². The van der Waals surface area contributed by atoms with Crippen LogP contribution in [0.4, 0.5) is 5.69 Å². The van der Waals surface area contributed by atoms with Gasteiger partial charge < -0.3 is 15.0 Å². The van der Waals surface area contributed by atoms with E-state index in [0.717, 1.165) is 0 Å². The topological polar surface area (TPSA) is 108 Å². The van der Waals surface area contributed by atoms with Crippen LogP contribution < -0.4 is 5.32 Å². The molecule has 0 aliphatic carbocycles. The van der Waals surface area contributed by atoms with Crippen LogP contribution in [-0.4, -0.2) is 43.0 Å². The SMILES string of the molecule is CC1=C(C#N)[C@@H](c2cccc([N+](=O)[O-])c2)C(C(=O)OCCN(C)C)=C(C)N1. The first-order valence-corrected chi connectivity index (χ1v) is 8.41. The van der Waals surface area contributed by atoms with Gasteiger partial charge >= 0.3 is 5.97 Å². The van der Waals surface area contributed by atoms with E-state index in [1.165, 1.54) is 12.1 Å². The van der Waals surface area contributed by atoms with Crippen molar-refractivity contribution in [2.75, 3.05) is 27.2 Å². The molecule has 0 fully saturated rings. The lowest BCUT2D eigenvalue weighted by Crippen LogP contribution is -2.30. The van der Waals surface area contributed by atoms with Gasteiger partial charge in [0.15, 0.2) is 0 Å². The monoisotopic (exact) mass is 370 g/mol. The van der Waals surface area contributed by atoms with Gasteiger partial charge in [0.2, 0.25) is 0 Å². The van der Waals surface area contributed by atoms with Gasteiger partial charge in [-0.05, 0) is 33.5 Å². The van der Waals surface area contributed by atoms with Crippen molar-refractivity contribution in [2.24, 2.45) is 0 Å². The number of benzene rings is 1. The highest BCUT2D eigenvalue weighted by Gasteiger charge is 2.34. The summed E-state index contributed by atoms with van der Waals surface area (Å²) in [5, 5.41) is 23.8. The van der Waals surface area contributed by atoms with E-state index in [-0.39, 0.29) is 17.9 Å². The molecule has 1 heterocycles. The number of dihydropyridines is 1. The highest BCUT2D eigenvalue weighted by atomic mass is 16.6. The smallest absolute Gasteiger partial charge is 0.336 e. The second-order valence-corrected chi connectivity index (χ2v) is 6.54. The maximum absolute atomic E-state index is 12.8. The van der Waals surface area contributed by atoms with E-state index in [1.807, 2.05) is 19.0 Å². The molecule has 0 saturated carbocycles. The van der Waals surface area contributed by atoms with Gasteiger partial charge in [0.25, 0.3) is 5.69 Å². The molecule has 0 radical (unpaired) electrons. The van der Waals surface area contributed by atoms with E-state index in [1.54, 1.807) is 26.0 Å². The van der Waals surface area contributed by atoms with E-state index in [9.17, 15) is 20.2 Å². The van der Waals surface area contributed by atoms with E-state index in [0.29, 0.717) is 29.1 Å². The van der Waals surface area contributed by atoms with Gasteiger partial charge in [0.1, 0.15) is 6.61 Å². The van der Waals surface area contributed by atoms with E-state index >= 15 is 0 Å². The predicted octanol–water partition coefficient (Wildman–Crippen LogP) is 2.46. The summed E-state index contributed by atoms with van der Waals surface area (Å²) in [6, 6.07) is 8.11. The summed E-state index contributed by atoms with van der Waals surface area (Å²) < 4.78 is 5.38. The second kappa shape index (κ2) is 8.47. The van der Waals surface area contributed by atoms with Gasteiger partial charge in [-0.3, -0.25) is 10.1 Å². The molecule has 1 aliphatic rings. The fourth-order valence-electron chi connectivity index (χ4n) is 2.96. The average Bonchev–Trinajstić information content (AvgIpc) is 2.60. The molecule has 1 aliphatic heterocycles. The lowest BCUT2D eigenvalue weighted by molar-refractivity contribution is -0.384. The molecule has 0 aromatic heterocycles. The molecule has 8 heteroatoms. The number of likely N-dealkylation sites (N-methyl/N-ethyl adjacent to an activating group) is 1. The van der Waals surface area contributed by atoms with E-state index < -0.39 is 16.8 Å². The molecular formula is C19H22N4O4. The quantitative estimate of drug-likeness (QED) is 0.465. The number of carbonyl (C=O) groups is 1. The molecule has 2 rings (SSSR count). The van der Waals surface area contributed by atoms with Gasteiger partial charge in [-0.1, -0.05) is 12.1 Å². The molecule has 1 aromatic carbocycles. The normalized spacial score (nSPS) is 16.8. The first kappa shape index (κ1) is 20.1. The second-order valence-electron chi connectivity index (χ2n) is 6.54. The van der Waals surface area contributed by atoms with Crippen LogP contribution in [0.15, 0.2) is 46.8 Å². The Hall–Kier alpha value is -3.18. The Kier molecular flexibility index (Phi) is 6.32. The molecule has 0 bridgehead atoms. The van der Waals surface area contributed by atoms with Gasteiger partial charge in [-0.25, -0.2) is 4.79 Å². The number of nitriles is 1. The summed E-state index contributed by atoms with van der Waals surface area (Å²) in [5.74, 6) is -1.26. The van der Waals surface area contributed by atoms with Crippen LogP contribution in [-0.2, 0) is 9.53 Å². The van der Waals surface area contributed by atoms with Gasteiger partial charge in [0, 0.05) is 30.1 Å². The van der Waals surface area contributed by atoms with E-state index in [2.05, 4.69) is 11.4 Å². The standard InChI is InChI=1S/C19H22N4O4/c1-12-16(11-20)18(14-6-5-7-15(10-14)23(25)26)17(13(2)21-12)19(24)27-9-8-22(3)4/h5-7,10,18,21H,8-9H2,1-4H3/t18-/m1/s1. The number of hydrogen-bond donors (Lipinski definition) is 1. The lowest BCUT2D eigenvalue weighted by Gasteiger charge is -2.28. The van der Waals surface area contributed by atoms with Crippen LogP contribution in [0.5, 0.6) is 0 Å². The number of allylic oxidation sites excluding steroid dienone is 3. The molecular weight excluding hydrogens is 348 g/mol. The third kappa shape index (κ3) is 4.51. The molecule has 0 unspecified atom stereocenters. The van der Waals surface area contributed by atoms with E-state index in [4.69, 9.17) is 4.74 Å². The fraction of sp³-hybridized carbons (Fsp3) is 0.368. The third-order valence-electron chi connectivity index (χ3n) is 4.29. The van der Waals surface area contributed by atoms with Crippen molar-refractivity contribution >= 4 is 11.7 Å². The Labute approximate surface area is 157 Å². The highest BCUT2D eigenvalue weighted by molar-refractivity contribution is 5.93. The summed E-state index contributed by atoms with van der Waals surface area (Å²) in [5.41, 5.74) is 2.20. The summed E-state index contributed by atoms with van der Waals surface area (Å²) in [4.78, 5) is 25.3. The molecule has 142 valence electrons. The van der Waals surface area contributed by atoms with Crippen molar-refractivity contribution in [2.45, 2.75) is 19.8 Å². The number of carbonyl (C=O) groups excluding carboxylic acids is 1. The van der Waals surface area contributed by atoms with Crippen molar-refractivity contribution in [3.05, 3.63) is 62.5 Å². The molecule has 0 amide bonds. The largest absolute Gasteiger partial charge is 0.461 e. The highest BCUT2D eigenvalue weighted by Crippen LogP contribution is 2.39. The van der Waals surface area contributed by atoms with Crippen molar-refractivity contribution in [3.8, 4) is 6.07 Å². The van der Waals surface area contributed by atoms with Gasteiger partial charge in [-0.2, -0.15) is 5.26 Å². The zero-order valence-corrected chi connectivity index (χ0v) is 15.8. The fourth-order valence-corrected chi connectivity index (χ4v) is 2.96. The first-order valence-electron chi connectivity index (χ1n) is 8.41. The molecule has 1 N–H and O–H groups in total. The summed E-state index contributed by atoms with van der Waals surface area (Å²) in [6.07, 6.45) is 0. The Bertz CT molecular complexity index is 865. The molecule has 1 aromatic rings. The molecule has 0 saturated heterocycles. The first-order chi connectivity index (χ1) is 12.8. The minimum Gasteiger partial charge on any atom is -0.461 e. The van der Waals surface area contributed by atoms with Crippen LogP contribution in [0.25, 0.3) is 0 Å². The van der Waals surface area contributed by atoms with Crippen LogP contribution >= 0.6 is 0 Å². The number of nitrogens with one attached hydrogen (secondary N) is 1. The van der Waals surface area contributed by atoms with Crippen molar-refractivity contribution in [1.29, 1.82) is 5.26 Å². The molecule has 27 heavy (non-hydrogen) atoms. The number of ether oxygens (including phenoxy) is 1. The summed E-state index contributed by atoms with van der Waals surface area (Å²) in [6.45, 7) is 4.23. The predicted molar refractivity (Wildman–Crippen MR) is 99.5 cm³/mol. The minimum atomic E-state index is -0.719. The Morgan fingerprint density at radius 1 is 1.37 bits per heavy atom. The van der Waals surface area contributed by atoms with Crippen molar-refractivity contribution in [3.63, 3.8) is 0 Å². The number of nitrogens with zero attached hydrogens (tertiary/aromatic N) is 3. The third-order valence-corrected chi connectivity index (χ3v) is 4.29. The maximum Gasteiger partial charge on any atom is 0.336 e. The van der Waals surface area contributed by atoms with Crippen LogP contribution in [0.2, 0.25) is 0 Å². The molecule has 1 atom stereocenters. The molecule has 8 nitrogen and oxygen atoms in total. The molecule has 0 spiro atoms. The van der Waals surface area contributed by atoms with Gasteiger partial charge in [-0.15, -0.1) is 0 Å². The zero-order chi connectivity index (χ0) is 20.1. The number of nitro groups is 1. The maximum atomic E-state index is 12.8. The summed E-state index contributed by atoms with van der Waals surface area (Å²) in [7, 11) is 3.73. The number of hydrogen-bond acceptors (Lipinski definition) is 7. The Morgan fingerprint density at radius 3 is 2.67 bits per heavy atom. The van der Waals surface area contributed by atoms with Crippen LogP contribution in [0, 0.1) is 21.4 Å². The number of non-ortho nitro benzene ring substituents is 1. The minimum absolute atomic E-state index is 0.0982. The number of nitro benzene ring substituents is 1. The number of esters is 1. The van der Waals surface area contributed by atoms with Crippen molar-refractivity contribution in [1.82, 2.24) is 10.2 Å². The van der Waals surface area contributed by atoms with Crippen LogP contribution in [0.1, 0.15) is 25.3 Å².